The highest BCUT2D eigenvalue weighted by Gasteiger charge is 2.11. The van der Waals surface area contributed by atoms with Crippen molar-refractivity contribution in [2.75, 3.05) is 19.1 Å². The molecule has 0 saturated heterocycles. The Bertz CT molecular complexity index is 233. The molecule has 0 unspecified atom stereocenters. The van der Waals surface area contributed by atoms with E-state index in [9.17, 15) is 4.79 Å². The lowest BCUT2D eigenvalue weighted by molar-refractivity contribution is -0.139. The van der Waals surface area contributed by atoms with E-state index < -0.39 is 0 Å². The molecule has 0 atom stereocenters. The summed E-state index contributed by atoms with van der Waals surface area (Å²) in [4.78, 5) is 11.2. The summed E-state index contributed by atoms with van der Waals surface area (Å²) in [5, 5.41) is 0. The summed E-state index contributed by atoms with van der Waals surface area (Å²) in [5.74, 6) is 0.178. The fourth-order valence-electron chi connectivity index (χ4n) is 0.836. The van der Waals surface area contributed by atoms with Crippen molar-refractivity contribution >= 4 is 17.6 Å². The van der Waals surface area contributed by atoms with Gasteiger partial charge in [0, 0.05) is 5.88 Å². The first-order valence-electron chi connectivity index (χ1n) is 4.05. The van der Waals surface area contributed by atoms with Gasteiger partial charge in [0.1, 0.15) is 6.61 Å². The molecule has 13 heavy (non-hydrogen) atoms. The van der Waals surface area contributed by atoms with Gasteiger partial charge in [-0.05, 0) is 18.6 Å². The van der Waals surface area contributed by atoms with Crippen LogP contribution in [0.4, 0.5) is 0 Å². The van der Waals surface area contributed by atoms with Gasteiger partial charge in [-0.3, -0.25) is 0 Å². The minimum absolute atomic E-state index is 0.288. The molecular weight excluding hydrogens is 192 g/mol. The molecule has 3 nitrogen and oxygen atoms in total. The number of hydrogen-bond donors (Lipinski definition) is 0. The van der Waals surface area contributed by atoms with Crippen LogP contribution >= 0.6 is 11.6 Å². The van der Waals surface area contributed by atoms with E-state index in [1.807, 2.05) is 0 Å². The Morgan fingerprint density at radius 1 is 1.69 bits per heavy atom. The second-order valence-electron chi connectivity index (χ2n) is 2.51. The molecule has 0 amide bonds. The van der Waals surface area contributed by atoms with Crippen molar-refractivity contribution in [2.24, 2.45) is 0 Å². The highest BCUT2D eigenvalue weighted by molar-refractivity contribution is 6.17. The van der Waals surface area contributed by atoms with Crippen LogP contribution in [0.5, 0.6) is 0 Å². The number of hydrogen-bond acceptors (Lipinski definition) is 3. The van der Waals surface area contributed by atoms with Crippen LogP contribution in [-0.4, -0.2) is 25.1 Å². The van der Waals surface area contributed by atoms with Crippen LogP contribution in [0.3, 0.4) is 0 Å². The monoisotopic (exact) mass is 202 g/mol. The zero-order chi connectivity index (χ0) is 9.52. The van der Waals surface area contributed by atoms with Crippen LogP contribution in [0.15, 0.2) is 24.0 Å². The third-order valence-electron chi connectivity index (χ3n) is 1.48. The predicted octanol–water partition coefficient (Wildman–Crippen LogP) is 1.63. The first kappa shape index (κ1) is 10.1. The first-order valence-corrected chi connectivity index (χ1v) is 4.58. The summed E-state index contributed by atoms with van der Waals surface area (Å²) < 4.78 is 9.85. The lowest BCUT2D eigenvalue weighted by atomic mass is 10.2. The van der Waals surface area contributed by atoms with Crippen molar-refractivity contribution < 1.29 is 14.3 Å². The van der Waals surface area contributed by atoms with Crippen molar-refractivity contribution in [2.45, 2.75) is 6.42 Å². The molecule has 0 aliphatic carbocycles. The highest BCUT2D eigenvalue weighted by Crippen LogP contribution is 2.05. The Morgan fingerprint density at radius 3 is 3.15 bits per heavy atom. The standard InChI is InChI=1S/C9H11ClO3/c10-4-2-6-13-9(11)8-3-1-5-12-7-8/h1,3,5H,2,4,6-7H2. The normalized spacial score (nSPS) is 14.7. The number of carbonyl (C=O) groups is 1. The lowest BCUT2D eigenvalue weighted by Gasteiger charge is -2.09. The summed E-state index contributed by atoms with van der Waals surface area (Å²) in [6.07, 6.45) is 5.57. The van der Waals surface area contributed by atoms with Crippen molar-refractivity contribution in [1.29, 1.82) is 0 Å². The maximum absolute atomic E-state index is 11.2. The van der Waals surface area contributed by atoms with Gasteiger partial charge in [0.2, 0.25) is 0 Å². The van der Waals surface area contributed by atoms with Crippen LogP contribution in [0.1, 0.15) is 6.42 Å². The van der Waals surface area contributed by atoms with Crippen molar-refractivity contribution in [3.63, 3.8) is 0 Å². The fourth-order valence-corrected chi connectivity index (χ4v) is 0.945. The zero-order valence-electron chi connectivity index (χ0n) is 7.16. The van der Waals surface area contributed by atoms with Gasteiger partial charge >= 0.3 is 5.97 Å². The van der Waals surface area contributed by atoms with Crippen LogP contribution in [-0.2, 0) is 14.3 Å². The van der Waals surface area contributed by atoms with E-state index >= 15 is 0 Å². The topological polar surface area (TPSA) is 35.5 Å². The SMILES string of the molecule is O=C(OCCCCl)C1=CC=COC1. The molecule has 1 aliphatic rings. The quantitative estimate of drug-likeness (QED) is 0.395. The van der Waals surface area contributed by atoms with Crippen molar-refractivity contribution in [3.05, 3.63) is 24.0 Å². The van der Waals surface area contributed by atoms with E-state index in [-0.39, 0.29) is 12.6 Å². The van der Waals surface area contributed by atoms with Crippen LogP contribution in [0, 0.1) is 0 Å². The van der Waals surface area contributed by atoms with Crippen LogP contribution in [0.2, 0.25) is 0 Å². The number of alkyl halides is 1. The first-order chi connectivity index (χ1) is 6.34. The molecule has 0 aromatic rings. The van der Waals surface area contributed by atoms with E-state index in [0.717, 1.165) is 0 Å². The smallest absolute Gasteiger partial charge is 0.337 e. The Balaban J connectivity index is 2.30. The Hall–Kier alpha value is -0.960. The average Bonchev–Trinajstić information content (AvgIpc) is 2.19. The van der Waals surface area contributed by atoms with Gasteiger partial charge in [0.05, 0.1) is 18.4 Å². The molecule has 1 heterocycles. The molecule has 72 valence electrons. The Kier molecular flexibility index (Phi) is 4.40. The lowest BCUT2D eigenvalue weighted by Crippen LogP contribution is -2.14. The van der Waals surface area contributed by atoms with Gasteiger partial charge in [0.15, 0.2) is 0 Å². The second kappa shape index (κ2) is 5.65. The molecule has 0 N–H and O–H groups in total. The number of ether oxygens (including phenoxy) is 2. The van der Waals surface area contributed by atoms with Crippen LogP contribution < -0.4 is 0 Å². The molecular formula is C9H11ClO3. The van der Waals surface area contributed by atoms with Gasteiger partial charge in [0.25, 0.3) is 0 Å². The number of halogens is 1. The summed E-state index contributed by atoms with van der Waals surface area (Å²) in [6, 6.07) is 0. The minimum atomic E-state index is -0.325. The van der Waals surface area contributed by atoms with Crippen molar-refractivity contribution in [1.82, 2.24) is 0 Å². The van der Waals surface area contributed by atoms with E-state index in [0.29, 0.717) is 24.5 Å². The van der Waals surface area contributed by atoms with Crippen LogP contribution in [0.25, 0.3) is 0 Å². The van der Waals surface area contributed by atoms with Gasteiger partial charge in [-0.25, -0.2) is 4.79 Å². The molecule has 0 radical (unpaired) electrons. The van der Waals surface area contributed by atoms with E-state index in [1.54, 1.807) is 12.2 Å². The van der Waals surface area contributed by atoms with Gasteiger partial charge in [-0.15, -0.1) is 11.6 Å². The molecule has 0 spiro atoms. The number of allylic oxidation sites excluding steroid dienone is 2. The number of esters is 1. The summed E-state index contributed by atoms with van der Waals surface area (Å²) in [5.41, 5.74) is 0.539. The second-order valence-corrected chi connectivity index (χ2v) is 2.89. The maximum Gasteiger partial charge on any atom is 0.337 e. The Labute approximate surface area is 82.0 Å². The number of rotatable bonds is 4. The number of carbonyl (C=O) groups excluding carboxylic acids is 1. The Morgan fingerprint density at radius 2 is 2.54 bits per heavy atom. The molecule has 4 heteroatoms. The highest BCUT2D eigenvalue weighted by atomic mass is 35.5. The molecule has 1 rings (SSSR count). The third-order valence-corrected chi connectivity index (χ3v) is 1.75. The maximum atomic E-state index is 11.2. The minimum Gasteiger partial charge on any atom is -0.496 e. The van der Waals surface area contributed by atoms with E-state index in [1.165, 1.54) is 6.26 Å². The molecule has 0 bridgehead atoms. The predicted molar refractivity (Wildman–Crippen MR) is 49.5 cm³/mol. The molecule has 0 aromatic heterocycles. The molecule has 0 fully saturated rings. The average molecular weight is 203 g/mol. The summed E-state index contributed by atoms with van der Waals surface area (Å²) in [6.45, 7) is 0.652. The fraction of sp³-hybridized carbons (Fsp3) is 0.444. The van der Waals surface area contributed by atoms with E-state index in [4.69, 9.17) is 21.1 Å². The largest absolute Gasteiger partial charge is 0.496 e. The summed E-state index contributed by atoms with van der Waals surface area (Å²) in [7, 11) is 0. The third kappa shape index (κ3) is 3.51. The van der Waals surface area contributed by atoms with E-state index in [2.05, 4.69) is 0 Å². The van der Waals surface area contributed by atoms with Gasteiger partial charge in [-0.2, -0.15) is 0 Å². The van der Waals surface area contributed by atoms with Crippen molar-refractivity contribution in [3.8, 4) is 0 Å². The molecule has 1 aliphatic heterocycles. The van der Waals surface area contributed by atoms with Gasteiger partial charge < -0.3 is 9.47 Å². The van der Waals surface area contributed by atoms with Gasteiger partial charge in [-0.1, -0.05) is 0 Å². The zero-order valence-corrected chi connectivity index (χ0v) is 7.92. The summed E-state index contributed by atoms with van der Waals surface area (Å²) >= 11 is 5.43. The molecule has 0 saturated carbocycles. The molecule has 0 aromatic carbocycles.